The summed E-state index contributed by atoms with van der Waals surface area (Å²) in [5, 5.41) is 0.306. The average molecular weight is 428 g/mol. The first kappa shape index (κ1) is 21.4. The molecule has 3 aromatic carbocycles. The molecule has 0 aliphatic heterocycles. The highest BCUT2D eigenvalue weighted by Gasteiger charge is 2.24. The average Bonchev–Trinajstić information content (AvgIpc) is 2.73. The lowest BCUT2D eigenvalue weighted by atomic mass is 9.79. The highest BCUT2D eigenvalue weighted by molar-refractivity contribution is 5.89. The second kappa shape index (κ2) is 8.34. The van der Waals surface area contributed by atoms with Crippen molar-refractivity contribution in [2.24, 2.45) is 5.92 Å². The van der Waals surface area contributed by atoms with E-state index in [1.165, 1.54) is 37.3 Å². The van der Waals surface area contributed by atoms with Crippen LogP contribution in [0.15, 0.2) is 48.5 Å². The molecular formula is C26H21F5. The third-order valence-corrected chi connectivity index (χ3v) is 6.09. The topological polar surface area (TPSA) is 0 Å². The van der Waals surface area contributed by atoms with Crippen LogP contribution in [0.3, 0.4) is 0 Å². The maximum Gasteiger partial charge on any atom is 0.458 e. The maximum atomic E-state index is 14.6. The van der Waals surface area contributed by atoms with Crippen LogP contribution in [-0.2, 0) is 0 Å². The van der Waals surface area contributed by atoms with E-state index in [4.69, 9.17) is 0 Å². The van der Waals surface area contributed by atoms with Gasteiger partial charge in [0.15, 0.2) is 0 Å². The second-order valence-electron chi connectivity index (χ2n) is 8.31. The summed E-state index contributed by atoms with van der Waals surface area (Å²) in [6.07, 6.45) is 0.0378. The fourth-order valence-electron chi connectivity index (χ4n) is 4.30. The predicted molar refractivity (Wildman–Crippen MR) is 113 cm³/mol. The summed E-state index contributed by atoms with van der Waals surface area (Å²) in [7, 11) is 0. The van der Waals surface area contributed by atoms with Crippen LogP contribution in [0.2, 0.25) is 0 Å². The summed E-state index contributed by atoms with van der Waals surface area (Å²) in [5.74, 6) is 1.66. The molecule has 1 aliphatic carbocycles. The molecule has 5 heteroatoms. The molecule has 1 aliphatic rings. The Bertz CT molecular complexity index is 1150. The highest BCUT2D eigenvalue weighted by atomic mass is 19.4. The van der Waals surface area contributed by atoms with Gasteiger partial charge in [-0.1, -0.05) is 62.1 Å². The van der Waals surface area contributed by atoms with E-state index in [2.05, 4.69) is 19.1 Å². The molecule has 0 nitrogen and oxygen atoms in total. The van der Waals surface area contributed by atoms with Crippen LogP contribution in [0.5, 0.6) is 0 Å². The standard InChI is InChI=1S/C26H21F5/c1-16-2-4-17(5-3-16)18-6-8-19(9-7-18)20-10-11-22-21(14-20)15-24(27)23(25(22)28)12-13-26(29,30)31/h6-11,14-17H,2-5H2,1H3. The fourth-order valence-corrected chi connectivity index (χ4v) is 4.30. The number of hydrogen-bond donors (Lipinski definition) is 0. The number of halogens is 5. The molecule has 160 valence electrons. The summed E-state index contributed by atoms with van der Waals surface area (Å²) in [4.78, 5) is 0. The monoisotopic (exact) mass is 428 g/mol. The Balaban J connectivity index is 1.64. The zero-order valence-electron chi connectivity index (χ0n) is 17.0. The van der Waals surface area contributed by atoms with E-state index in [0.717, 1.165) is 29.0 Å². The van der Waals surface area contributed by atoms with Gasteiger partial charge in [-0.15, -0.1) is 0 Å². The molecule has 0 unspecified atom stereocenters. The van der Waals surface area contributed by atoms with Gasteiger partial charge in [0.25, 0.3) is 0 Å². The molecule has 1 fully saturated rings. The summed E-state index contributed by atoms with van der Waals surface area (Å²) in [6.45, 7) is 2.29. The predicted octanol–water partition coefficient (Wildman–Crippen LogP) is 7.99. The number of benzene rings is 3. The molecule has 0 bridgehead atoms. The van der Waals surface area contributed by atoms with Gasteiger partial charge in [-0.2, -0.15) is 13.2 Å². The molecule has 0 amide bonds. The molecule has 0 heterocycles. The van der Waals surface area contributed by atoms with E-state index >= 15 is 0 Å². The van der Waals surface area contributed by atoms with Crippen LogP contribution < -0.4 is 0 Å². The quantitative estimate of drug-likeness (QED) is 0.287. The van der Waals surface area contributed by atoms with Crippen molar-refractivity contribution in [3.8, 4) is 23.0 Å². The van der Waals surface area contributed by atoms with Crippen LogP contribution in [0.1, 0.15) is 49.7 Å². The summed E-state index contributed by atoms with van der Waals surface area (Å²) >= 11 is 0. The Morgan fingerprint density at radius 1 is 0.839 bits per heavy atom. The lowest BCUT2D eigenvalue weighted by Crippen LogP contribution is -2.10. The molecule has 0 N–H and O–H groups in total. The van der Waals surface area contributed by atoms with Gasteiger partial charge in [0.2, 0.25) is 0 Å². The summed E-state index contributed by atoms with van der Waals surface area (Å²) < 4.78 is 65.8. The van der Waals surface area contributed by atoms with Crippen molar-refractivity contribution in [1.82, 2.24) is 0 Å². The smallest absolute Gasteiger partial charge is 0.205 e. The summed E-state index contributed by atoms with van der Waals surface area (Å²) in [6, 6.07) is 14.0. The minimum Gasteiger partial charge on any atom is -0.205 e. The Labute approximate surface area is 178 Å². The lowest BCUT2D eigenvalue weighted by molar-refractivity contribution is -0.0696. The number of hydrogen-bond acceptors (Lipinski definition) is 0. The third kappa shape index (κ3) is 4.74. The van der Waals surface area contributed by atoms with Crippen LogP contribution in [0, 0.1) is 29.4 Å². The maximum absolute atomic E-state index is 14.6. The van der Waals surface area contributed by atoms with Gasteiger partial charge >= 0.3 is 6.18 Å². The molecule has 4 rings (SSSR count). The van der Waals surface area contributed by atoms with Crippen molar-refractivity contribution in [3.05, 3.63) is 71.3 Å². The minimum absolute atomic E-state index is 0.0320. The van der Waals surface area contributed by atoms with E-state index in [-0.39, 0.29) is 10.8 Å². The van der Waals surface area contributed by atoms with Gasteiger partial charge in [0, 0.05) is 11.3 Å². The zero-order valence-corrected chi connectivity index (χ0v) is 17.0. The molecule has 1 saturated carbocycles. The molecule has 3 aromatic rings. The van der Waals surface area contributed by atoms with Crippen molar-refractivity contribution in [2.45, 2.75) is 44.7 Å². The number of rotatable bonds is 2. The molecule has 0 spiro atoms. The largest absolute Gasteiger partial charge is 0.458 e. The SMILES string of the molecule is CC1CCC(c2ccc(-c3ccc4c(F)c(C#CC(F)(F)F)c(F)cc4c3)cc2)CC1. The van der Waals surface area contributed by atoms with E-state index in [0.29, 0.717) is 5.92 Å². The fraction of sp³-hybridized carbons (Fsp3) is 0.308. The van der Waals surface area contributed by atoms with Gasteiger partial charge < -0.3 is 0 Å². The minimum atomic E-state index is -4.82. The molecular weight excluding hydrogens is 407 g/mol. The van der Waals surface area contributed by atoms with Crippen molar-refractivity contribution < 1.29 is 22.0 Å². The first-order valence-electron chi connectivity index (χ1n) is 10.3. The number of alkyl halides is 3. The van der Waals surface area contributed by atoms with Gasteiger partial charge in [-0.05, 0) is 58.9 Å². The first-order chi connectivity index (χ1) is 14.7. The van der Waals surface area contributed by atoms with Crippen LogP contribution in [0.4, 0.5) is 22.0 Å². The Kier molecular flexibility index (Phi) is 5.75. The first-order valence-corrected chi connectivity index (χ1v) is 10.3. The zero-order chi connectivity index (χ0) is 22.2. The Hall–Kier alpha value is -2.87. The Morgan fingerprint density at radius 3 is 2.13 bits per heavy atom. The van der Waals surface area contributed by atoms with E-state index < -0.39 is 23.4 Å². The van der Waals surface area contributed by atoms with Gasteiger partial charge in [0.05, 0.1) is 5.56 Å². The van der Waals surface area contributed by atoms with E-state index in [1.807, 2.05) is 12.1 Å². The van der Waals surface area contributed by atoms with Crippen molar-refractivity contribution in [1.29, 1.82) is 0 Å². The van der Waals surface area contributed by atoms with Crippen LogP contribution >= 0.6 is 0 Å². The number of fused-ring (bicyclic) bond motifs is 1. The van der Waals surface area contributed by atoms with Crippen LogP contribution in [0.25, 0.3) is 21.9 Å². The van der Waals surface area contributed by atoms with Gasteiger partial charge in [-0.25, -0.2) is 8.78 Å². The lowest BCUT2D eigenvalue weighted by Gasteiger charge is -2.26. The molecule has 0 radical (unpaired) electrons. The van der Waals surface area contributed by atoms with E-state index in [1.54, 1.807) is 18.1 Å². The third-order valence-electron chi connectivity index (χ3n) is 6.09. The molecule has 0 aromatic heterocycles. The molecule has 31 heavy (non-hydrogen) atoms. The second-order valence-corrected chi connectivity index (χ2v) is 8.31. The van der Waals surface area contributed by atoms with Crippen molar-refractivity contribution in [3.63, 3.8) is 0 Å². The normalized spacial score (nSPS) is 19.2. The summed E-state index contributed by atoms with van der Waals surface area (Å²) in [5.41, 5.74) is 2.13. The highest BCUT2D eigenvalue weighted by Crippen LogP contribution is 2.36. The van der Waals surface area contributed by atoms with Gasteiger partial charge in [-0.3, -0.25) is 0 Å². The van der Waals surface area contributed by atoms with Gasteiger partial charge in [0.1, 0.15) is 11.6 Å². The van der Waals surface area contributed by atoms with Crippen molar-refractivity contribution >= 4 is 10.8 Å². The van der Waals surface area contributed by atoms with E-state index in [9.17, 15) is 22.0 Å². The molecule has 0 atom stereocenters. The van der Waals surface area contributed by atoms with Crippen molar-refractivity contribution in [2.75, 3.05) is 0 Å². The Morgan fingerprint density at radius 2 is 1.48 bits per heavy atom. The van der Waals surface area contributed by atoms with Crippen LogP contribution in [-0.4, -0.2) is 6.18 Å². The molecule has 0 saturated heterocycles.